The van der Waals surface area contributed by atoms with Gasteiger partial charge in [0.15, 0.2) is 11.6 Å². The lowest BCUT2D eigenvalue weighted by Crippen LogP contribution is -2.05. The van der Waals surface area contributed by atoms with Crippen LogP contribution in [0.5, 0.6) is 0 Å². The molecular weight excluding hydrogens is 723 g/mol. The number of para-hydroxylation sites is 2. The van der Waals surface area contributed by atoms with Gasteiger partial charge in [-0.15, -0.1) is 0 Å². The molecule has 5 nitrogen and oxygen atoms in total. The van der Waals surface area contributed by atoms with Crippen molar-refractivity contribution in [3.63, 3.8) is 0 Å². The molecule has 3 heterocycles. The summed E-state index contributed by atoms with van der Waals surface area (Å²) in [6.45, 7) is 4.03. The van der Waals surface area contributed by atoms with E-state index >= 15 is 0 Å². The average molecular weight is 758 g/mol. The van der Waals surface area contributed by atoms with E-state index in [-0.39, 0.29) is 0 Å². The molecule has 8 aromatic carbocycles. The second-order valence-electron chi connectivity index (χ2n) is 14.7. The molecule has 0 radical (unpaired) electrons. The SMILES string of the molecule is C=C/C=C\c1c(Cc2nc(-c3ccccc3)nc(-c3cccc4oc5ccccc5c34)n2)cccc1-c1ccc(-c2cccc3ccccc23)c2oc3ccccc3c12. The number of hydrogen-bond donors (Lipinski definition) is 0. The molecule has 0 aliphatic carbocycles. The standard InChI is InChI=1S/C54H35N3O2/c1-2-3-21-38-36(33-49-55-53(35-17-5-4-6-18-35)57-54(56-49)45-27-15-30-48-50(45)43-23-9-11-28-46(43)58-48)20-14-25-39(38)41-31-32-42(40-26-13-19-34-16-7-8-22-37(34)40)52-51(41)44-24-10-12-29-47(44)59-52/h2-32H,1,33H2/b21-3-. The van der Waals surface area contributed by atoms with Gasteiger partial charge in [0.1, 0.15) is 28.2 Å². The zero-order valence-corrected chi connectivity index (χ0v) is 32.0. The zero-order valence-electron chi connectivity index (χ0n) is 32.0. The number of rotatable bonds is 8. The van der Waals surface area contributed by atoms with Gasteiger partial charge in [-0.05, 0) is 62.9 Å². The van der Waals surface area contributed by atoms with Gasteiger partial charge in [0.05, 0.1) is 0 Å². The summed E-state index contributed by atoms with van der Waals surface area (Å²) in [6.07, 6.45) is 6.42. The predicted molar refractivity (Wildman–Crippen MR) is 242 cm³/mol. The highest BCUT2D eigenvalue weighted by Crippen LogP contribution is 2.45. The normalized spacial score (nSPS) is 11.8. The smallest absolute Gasteiger partial charge is 0.164 e. The van der Waals surface area contributed by atoms with E-state index in [1.807, 2.05) is 78.9 Å². The van der Waals surface area contributed by atoms with Crippen LogP contribution in [0.2, 0.25) is 0 Å². The summed E-state index contributed by atoms with van der Waals surface area (Å²) in [5.74, 6) is 1.88. The first kappa shape index (κ1) is 34.4. The van der Waals surface area contributed by atoms with Gasteiger partial charge in [0, 0.05) is 44.7 Å². The average Bonchev–Trinajstić information content (AvgIpc) is 3.88. The third-order valence-electron chi connectivity index (χ3n) is 11.2. The van der Waals surface area contributed by atoms with Crippen LogP contribution in [0.1, 0.15) is 17.0 Å². The fourth-order valence-electron chi connectivity index (χ4n) is 8.56. The number of fused-ring (bicyclic) bond motifs is 7. The maximum Gasteiger partial charge on any atom is 0.164 e. The van der Waals surface area contributed by atoms with E-state index in [0.29, 0.717) is 23.9 Å². The van der Waals surface area contributed by atoms with Crippen molar-refractivity contribution in [1.29, 1.82) is 0 Å². The minimum atomic E-state index is 0.464. The minimum Gasteiger partial charge on any atom is -0.456 e. The molecule has 11 rings (SSSR count). The molecule has 0 N–H and O–H groups in total. The summed E-state index contributed by atoms with van der Waals surface area (Å²) < 4.78 is 13.1. The number of aromatic nitrogens is 3. The van der Waals surface area contributed by atoms with Crippen LogP contribution < -0.4 is 0 Å². The van der Waals surface area contributed by atoms with E-state index in [2.05, 4.69) is 116 Å². The highest BCUT2D eigenvalue weighted by atomic mass is 16.3. The topological polar surface area (TPSA) is 65.0 Å². The summed E-state index contributed by atoms with van der Waals surface area (Å²) in [5.41, 5.74) is 11.6. The molecule has 0 fully saturated rings. The number of allylic oxidation sites excluding steroid dienone is 2. The molecule has 0 aliphatic rings. The van der Waals surface area contributed by atoms with Gasteiger partial charge >= 0.3 is 0 Å². The molecule has 0 saturated carbocycles. The van der Waals surface area contributed by atoms with Crippen molar-refractivity contribution in [1.82, 2.24) is 15.0 Å². The first-order valence-electron chi connectivity index (χ1n) is 19.8. The number of furan rings is 2. The Labute approximate surface area is 340 Å². The van der Waals surface area contributed by atoms with Gasteiger partial charge in [-0.25, -0.2) is 15.0 Å². The van der Waals surface area contributed by atoms with Crippen molar-refractivity contribution in [2.45, 2.75) is 6.42 Å². The monoisotopic (exact) mass is 757 g/mol. The molecular formula is C54H35N3O2. The Morgan fingerprint density at radius 3 is 1.93 bits per heavy atom. The van der Waals surface area contributed by atoms with Crippen molar-refractivity contribution in [3.8, 4) is 45.0 Å². The molecule has 0 unspecified atom stereocenters. The molecule has 0 aliphatic heterocycles. The second kappa shape index (κ2) is 14.2. The first-order chi connectivity index (χ1) is 29.2. The minimum absolute atomic E-state index is 0.464. The van der Waals surface area contributed by atoms with Crippen molar-refractivity contribution in [2.75, 3.05) is 0 Å². The summed E-state index contributed by atoms with van der Waals surface area (Å²) in [7, 11) is 0. The van der Waals surface area contributed by atoms with Crippen molar-refractivity contribution in [3.05, 3.63) is 206 Å². The molecule has 0 bridgehead atoms. The Morgan fingerprint density at radius 2 is 1.08 bits per heavy atom. The van der Waals surface area contributed by atoms with E-state index < -0.39 is 0 Å². The van der Waals surface area contributed by atoms with Crippen molar-refractivity contribution < 1.29 is 8.83 Å². The van der Waals surface area contributed by atoms with Crippen molar-refractivity contribution >= 4 is 60.7 Å². The fraction of sp³-hybridized carbons (Fsp3) is 0.0185. The first-order valence-corrected chi connectivity index (χ1v) is 19.8. The molecule has 0 amide bonds. The maximum atomic E-state index is 6.79. The summed E-state index contributed by atoms with van der Waals surface area (Å²) in [5, 5.41) is 6.53. The fourth-order valence-corrected chi connectivity index (χ4v) is 8.56. The van der Waals surface area contributed by atoms with Crippen LogP contribution in [0.4, 0.5) is 0 Å². The second-order valence-corrected chi connectivity index (χ2v) is 14.7. The third kappa shape index (κ3) is 5.91. The van der Waals surface area contributed by atoms with Gasteiger partial charge in [-0.3, -0.25) is 0 Å². The summed E-state index contributed by atoms with van der Waals surface area (Å²) in [4.78, 5) is 15.4. The van der Waals surface area contributed by atoms with Crippen LogP contribution in [0.3, 0.4) is 0 Å². The molecule has 3 aromatic heterocycles. The number of benzene rings is 8. The van der Waals surface area contributed by atoms with E-state index in [4.69, 9.17) is 23.8 Å². The van der Waals surface area contributed by atoms with Crippen LogP contribution in [-0.2, 0) is 6.42 Å². The molecule has 11 aromatic rings. The van der Waals surface area contributed by atoms with Gasteiger partial charge < -0.3 is 8.83 Å². The van der Waals surface area contributed by atoms with E-state index in [9.17, 15) is 0 Å². The highest BCUT2D eigenvalue weighted by molar-refractivity contribution is 6.18. The van der Waals surface area contributed by atoms with E-state index in [1.165, 1.54) is 10.8 Å². The molecule has 278 valence electrons. The summed E-state index contributed by atoms with van der Waals surface area (Å²) in [6, 6.07) is 58.5. The Kier molecular flexibility index (Phi) is 8.30. The molecule has 0 saturated heterocycles. The Hall–Kier alpha value is -7.89. The largest absolute Gasteiger partial charge is 0.456 e. The van der Waals surface area contributed by atoms with Gasteiger partial charge in [-0.1, -0.05) is 170 Å². The van der Waals surface area contributed by atoms with Gasteiger partial charge in [0.25, 0.3) is 0 Å². The lowest BCUT2D eigenvalue weighted by molar-refractivity contribution is 0.669. The molecule has 0 spiro atoms. The van der Waals surface area contributed by atoms with Crippen LogP contribution in [0.25, 0.3) is 106 Å². The molecule has 0 atom stereocenters. The van der Waals surface area contributed by atoms with Gasteiger partial charge in [-0.2, -0.15) is 0 Å². The molecule has 59 heavy (non-hydrogen) atoms. The quantitative estimate of drug-likeness (QED) is 0.144. The van der Waals surface area contributed by atoms with Crippen LogP contribution >= 0.6 is 0 Å². The number of hydrogen-bond acceptors (Lipinski definition) is 5. The predicted octanol–water partition coefficient (Wildman–Crippen LogP) is 14.3. The Balaban J connectivity index is 1.11. The van der Waals surface area contributed by atoms with Crippen LogP contribution in [-0.4, -0.2) is 15.0 Å². The maximum absolute atomic E-state index is 6.79. The molecule has 5 heteroatoms. The van der Waals surface area contributed by atoms with Gasteiger partial charge in [0.2, 0.25) is 0 Å². The number of nitrogens with zero attached hydrogens (tertiary/aromatic N) is 3. The van der Waals surface area contributed by atoms with E-state index in [0.717, 1.165) is 88.4 Å². The zero-order chi connectivity index (χ0) is 39.3. The van der Waals surface area contributed by atoms with Crippen LogP contribution in [0.15, 0.2) is 197 Å². The highest BCUT2D eigenvalue weighted by Gasteiger charge is 2.22. The van der Waals surface area contributed by atoms with E-state index in [1.54, 1.807) is 0 Å². The lowest BCUT2D eigenvalue weighted by Gasteiger charge is -2.15. The Bertz CT molecular complexity index is 3440. The summed E-state index contributed by atoms with van der Waals surface area (Å²) >= 11 is 0. The van der Waals surface area contributed by atoms with Crippen LogP contribution in [0, 0.1) is 0 Å². The lowest BCUT2D eigenvalue weighted by atomic mass is 9.88. The third-order valence-corrected chi connectivity index (χ3v) is 11.2. The Morgan fingerprint density at radius 1 is 0.458 bits per heavy atom. The van der Waals surface area contributed by atoms with Crippen molar-refractivity contribution in [2.24, 2.45) is 0 Å².